The number of pyridine rings is 1. The third-order valence-corrected chi connectivity index (χ3v) is 8.16. The highest BCUT2D eigenvalue weighted by atomic mass is 31.1. The van der Waals surface area contributed by atoms with Gasteiger partial charge in [-0.15, -0.1) is 0 Å². The van der Waals surface area contributed by atoms with Gasteiger partial charge in [-0.25, -0.2) is 9.97 Å². The number of nitrogens with one attached hydrogen (secondary N) is 3. The summed E-state index contributed by atoms with van der Waals surface area (Å²) in [6, 6.07) is 10.5. The second-order valence-electron chi connectivity index (χ2n) is 9.51. The van der Waals surface area contributed by atoms with E-state index >= 15 is 0 Å². The molecule has 1 aromatic carbocycles. The summed E-state index contributed by atoms with van der Waals surface area (Å²) >= 11 is 0. The number of halogens is 3. The van der Waals surface area contributed by atoms with Crippen LogP contribution < -0.4 is 16.0 Å². The molecule has 8 rings (SSSR count). The van der Waals surface area contributed by atoms with Crippen molar-refractivity contribution in [2.75, 3.05) is 37.2 Å². The van der Waals surface area contributed by atoms with Crippen LogP contribution in [-0.4, -0.2) is 57.2 Å². The Morgan fingerprint density at radius 2 is 1.95 bits per heavy atom. The summed E-state index contributed by atoms with van der Waals surface area (Å²) in [5, 5.41) is 12.5. The van der Waals surface area contributed by atoms with Crippen molar-refractivity contribution in [3.63, 3.8) is 0 Å². The van der Waals surface area contributed by atoms with Gasteiger partial charge in [-0.1, -0.05) is 12.1 Å². The lowest BCUT2D eigenvalue weighted by atomic mass is 10.1. The van der Waals surface area contributed by atoms with Gasteiger partial charge in [-0.2, -0.15) is 23.3 Å². The molecule has 3 aromatic heterocycles. The third kappa shape index (κ3) is 7.64. The number of amides is 1. The van der Waals surface area contributed by atoms with Crippen LogP contribution in [0, 0.1) is 0 Å². The van der Waals surface area contributed by atoms with Crippen molar-refractivity contribution in [1.82, 2.24) is 30.0 Å². The van der Waals surface area contributed by atoms with Crippen molar-refractivity contribution >= 4 is 37.2 Å². The van der Waals surface area contributed by atoms with Crippen LogP contribution >= 0.6 is 8.15 Å². The van der Waals surface area contributed by atoms with E-state index in [2.05, 4.69) is 36.0 Å². The van der Waals surface area contributed by atoms with E-state index in [0.29, 0.717) is 61.8 Å². The molecule has 0 saturated carbocycles. The van der Waals surface area contributed by atoms with Gasteiger partial charge in [0.2, 0.25) is 5.95 Å². The Morgan fingerprint density at radius 3 is 2.70 bits per heavy atom. The van der Waals surface area contributed by atoms with Crippen molar-refractivity contribution in [3.8, 4) is 11.3 Å². The van der Waals surface area contributed by atoms with E-state index in [1.54, 1.807) is 35.3 Å². The van der Waals surface area contributed by atoms with E-state index in [9.17, 15) is 18.0 Å². The highest BCUT2D eigenvalue weighted by Crippen LogP contribution is 2.41. The van der Waals surface area contributed by atoms with Crippen LogP contribution in [0.25, 0.3) is 11.3 Å². The highest BCUT2D eigenvalue weighted by Gasteiger charge is 2.36. The first-order chi connectivity index (χ1) is 20.7. The number of hydrogen-bond donors (Lipinski definition) is 3. The molecule has 11 nitrogen and oxygen atoms in total. The zero-order chi connectivity index (χ0) is 30.4. The van der Waals surface area contributed by atoms with Gasteiger partial charge in [-0.05, 0) is 43.2 Å². The first kappa shape index (κ1) is 30.3. The lowest BCUT2D eigenvalue weighted by Crippen LogP contribution is -2.21. The molecule has 1 atom stereocenters. The minimum absolute atomic E-state index is 0.0397. The van der Waals surface area contributed by atoms with Crippen LogP contribution in [0.2, 0.25) is 0 Å². The maximum atomic E-state index is 14.0. The lowest BCUT2D eigenvalue weighted by Gasteiger charge is -2.18. The molecule has 226 valence electrons. The van der Waals surface area contributed by atoms with Crippen LogP contribution in [0.1, 0.15) is 35.0 Å². The summed E-state index contributed by atoms with van der Waals surface area (Å²) in [4.78, 5) is 25.2. The van der Waals surface area contributed by atoms with E-state index < -0.39 is 31.6 Å². The summed E-state index contributed by atoms with van der Waals surface area (Å²) in [6.07, 6.45) is 1.25. The number of anilines is 4. The number of carbonyl (C=O) groups excluding carboxylic acids is 1. The fraction of sp³-hybridized carbons (Fsp3) is 0.321. The lowest BCUT2D eigenvalue weighted by molar-refractivity contribution is -0.137. The molecule has 1 amide bonds. The van der Waals surface area contributed by atoms with Gasteiger partial charge in [0, 0.05) is 50.0 Å². The van der Waals surface area contributed by atoms with Crippen LogP contribution in [0.15, 0.2) is 55.0 Å². The van der Waals surface area contributed by atoms with Crippen molar-refractivity contribution in [2.24, 2.45) is 0 Å². The fourth-order valence-electron chi connectivity index (χ4n) is 4.27. The molecule has 0 saturated heterocycles. The molecule has 3 N–H and O–H groups in total. The maximum Gasteiger partial charge on any atom is 0.421 e. The number of hydrogen-bond acceptors (Lipinski definition) is 9. The van der Waals surface area contributed by atoms with Gasteiger partial charge in [0.1, 0.15) is 11.4 Å². The molecule has 1 unspecified atom stereocenters. The van der Waals surface area contributed by atoms with E-state index in [0.717, 1.165) is 5.56 Å². The zero-order valence-corrected chi connectivity index (χ0v) is 24.4. The summed E-state index contributed by atoms with van der Waals surface area (Å²) in [6.45, 7) is 3.64. The smallest absolute Gasteiger partial charge is 0.375 e. The minimum Gasteiger partial charge on any atom is -0.375 e. The molecular formula is C28H30F3N8O3P. The van der Waals surface area contributed by atoms with Crippen LogP contribution in [0.5, 0.6) is 0 Å². The quantitative estimate of drug-likeness (QED) is 0.240. The molecule has 0 fully saturated rings. The molecule has 4 aliphatic heterocycles. The maximum absolute atomic E-state index is 14.0. The zero-order valence-electron chi connectivity index (χ0n) is 23.5. The summed E-state index contributed by atoms with van der Waals surface area (Å²) in [5.74, 6) is -1.19. The molecule has 4 aromatic rings. The minimum atomic E-state index is -4.76. The average molecular weight is 615 g/mol. The monoisotopic (exact) mass is 614 g/mol. The largest absolute Gasteiger partial charge is 0.421 e. The Hall–Kier alpha value is -4.13. The Kier molecular flexibility index (Phi) is 9.49. The predicted octanol–water partition coefficient (Wildman–Crippen LogP) is 5.91. The first-order valence-corrected chi connectivity index (χ1v) is 15.1. The van der Waals surface area contributed by atoms with Crippen LogP contribution in [-0.2, 0) is 28.1 Å². The number of aromatic nitrogens is 5. The van der Waals surface area contributed by atoms with Gasteiger partial charge in [0.05, 0.1) is 38.7 Å². The Labute approximate surface area is 247 Å². The molecule has 0 radical (unpaired) electrons. The number of carbonyl (C=O) groups is 1. The Morgan fingerprint density at radius 1 is 1.14 bits per heavy atom. The van der Waals surface area contributed by atoms with Gasteiger partial charge < -0.3 is 25.2 Å². The molecule has 8 bridgehead atoms. The first-order valence-electron chi connectivity index (χ1n) is 13.5. The van der Waals surface area contributed by atoms with E-state index in [1.807, 2.05) is 19.1 Å². The van der Waals surface area contributed by atoms with Gasteiger partial charge >= 0.3 is 6.18 Å². The van der Waals surface area contributed by atoms with Crippen molar-refractivity contribution in [2.45, 2.75) is 32.2 Å². The Bertz CT molecular complexity index is 1570. The SMILES string of the molecule is CCOCP1Cc2ccc(cc2)Nc2ncc(C(F)(F)F)c(n2)Nc2ccc(nc2C(=O)NC)-c2cnn(c2)CCCO1. The molecule has 7 heterocycles. The third-order valence-electron chi connectivity index (χ3n) is 6.43. The molecule has 0 aliphatic carbocycles. The number of aryl methyl sites for hydroxylation is 1. The van der Waals surface area contributed by atoms with E-state index in [1.165, 1.54) is 13.1 Å². The van der Waals surface area contributed by atoms with Gasteiger partial charge in [0.15, 0.2) is 5.69 Å². The van der Waals surface area contributed by atoms with Crippen LogP contribution in [0.4, 0.5) is 36.3 Å². The van der Waals surface area contributed by atoms with Crippen LogP contribution in [0.3, 0.4) is 0 Å². The number of ether oxygens (including phenoxy) is 1. The summed E-state index contributed by atoms with van der Waals surface area (Å²) in [7, 11) is 0.515. The number of rotatable bonds is 4. The predicted molar refractivity (Wildman–Crippen MR) is 157 cm³/mol. The highest BCUT2D eigenvalue weighted by molar-refractivity contribution is 7.51. The Balaban J connectivity index is 1.55. The molecule has 15 heteroatoms. The number of alkyl halides is 3. The normalized spacial score (nSPS) is 15.6. The van der Waals surface area contributed by atoms with Crippen molar-refractivity contribution < 1.29 is 27.2 Å². The molecular weight excluding hydrogens is 584 g/mol. The average Bonchev–Trinajstić information content (AvgIpc) is 3.47. The second-order valence-corrected chi connectivity index (χ2v) is 11.3. The van der Waals surface area contributed by atoms with Crippen molar-refractivity contribution in [3.05, 3.63) is 71.8 Å². The topological polar surface area (TPSA) is 128 Å². The summed E-state index contributed by atoms with van der Waals surface area (Å²) < 4.78 is 55.5. The van der Waals surface area contributed by atoms with E-state index in [-0.39, 0.29) is 17.3 Å². The van der Waals surface area contributed by atoms with Crippen molar-refractivity contribution in [1.29, 1.82) is 0 Å². The van der Waals surface area contributed by atoms with E-state index in [4.69, 9.17) is 9.26 Å². The molecule has 0 spiro atoms. The standard InChI is InChI=1S/C28H30F3N8O3P/c1-3-41-17-43-16-18-5-7-20(8-6-18)35-27-33-14-21(28(29,30)31)25(38-27)37-23-10-9-22(36-24(23)26(40)32-2)19-13-34-39(15-19)11-4-12-42-43/h5-10,13-15H,3-4,11-12,16-17H2,1-2H3,(H,32,40)(H2,33,35,37,38). The second kappa shape index (κ2) is 13.4. The van der Waals surface area contributed by atoms with Gasteiger partial charge in [-0.3, -0.25) is 9.48 Å². The molecule has 4 aliphatic rings. The summed E-state index contributed by atoms with van der Waals surface area (Å²) in [5.41, 5.74) is 1.52. The number of nitrogens with zero attached hydrogens (tertiary/aromatic N) is 5. The fourth-order valence-corrected chi connectivity index (χ4v) is 5.92. The molecule has 43 heavy (non-hydrogen) atoms. The number of benzene rings is 1. The van der Waals surface area contributed by atoms with Gasteiger partial charge in [0.25, 0.3) is 5.91 Å².